The number of hydrogen-bond acceptors (Lipinski definition) is 5. The van der Waals surface area contributed by atoms with Gasteiger partial charge in [0.2, 0.25) is 0 Å². The van der Waals surface area contributed by atoms with Gasteiger partial charge in [-0.15, -0.1) is 0 Å². The first-order chi connectivity index (χ1) is 15.0. The number of carbonyl (C=O) groups is 2. The van der Waals surface area contributed by atoms with E-state index in [1.807, 2.05) is 55.5 Å². The van der Waals surface area contributed by atoms with Crippen molar-refractivity contribution in [1.29, 1.82) is 0 Å². The molecule has 0 aliphatic carbocycles. The maximum absolute atomic E-state index is 13.5. The molecule has 0 saturated carbocycles. The highest BCUT2D eigenvalue weighted by atomic mass is 16.5. The van der Waals surface area contributed by atoms with Crippen molar-refractivity contribution in [3.63, 3.8) is 0 Å². The van der Waals surface area contributed by atoms with E-state index in [2.05, 4.69) is 5.32 Å². The van der Waals surface area contributed by atoms with E-state index in [4.69, 9.17) is 9.47 Å². The van der Waals surface area contributed by atoms with Gasteiger partial charge in [-0.25, -0.2) is 4.90 Å². The molecule has 0 spiro atoms. The van der Waals surface area contributed by atoms with Crippen LogP contribution in [0.15, 0.2) is 78.5 Å². The van der Waals surface area contributed by atoms with E-state index in [1.54, 1.807) is 38.5 Å². The lowest BCUT2D eigenvalue weighted by atomic mass is 10.0. The number of ether oxygens (including phenoxy) is 2. The zero-order valence-corrected chi connectivity index (χ0v) is 17.5. The van der Waals surface area contributed by atoms with E-state index in [0.717, 1.165) is 5.56 Å². The number of amides is 2. The Morgan fingerprint density at radius 1 is 0.774 bits per heavy atom. The summed E-state index contributed by atoms with van der Waals surface area (Å²) in [6, 6.07) is 21.7. The van der Waals surface area contributed by atoms with Gasteiger partial charge in [-0.05, 0) is 36.2 Å². The van der Waals surface area contributed by atoms with Gasteiger partial charge in [0, 0.05) is 11.8 Å². The van der Waals surface area contributed by atoms with Crippen LogP contribution in [0, 0.1) is 6.92 Å². The van der Waals surface area contributed by atoms with Crippen LogP contribution in [0.5, 0.6) is 11.5 Å². The lowest BCUT2D eigenvalue weighted by Crippen LogP contribution is -2.33. The van der Waals surface area contributed by atoms with Crippen molar-refractivity contribution in [2.24, 2.45) is 0 Å². The van der Waals surface area contributed by atoms with Gasteiger partial charge in [0.1, 0.15) is 5.70 Å². The number of rotatable bonds is 6. The Kier molecular flexibility index (Phi) is 5.45. The Labute approximate surface area is 180 Å². The molecule has 1 N–H and O–H groups in total. The second-order valence-corrected chi connectivity index (χ2v) is 7.04. The molecule has 0 aromatic heterocycles. The van der Waals surface area contributed by atoms with Gasteiger partial charge in [-0.1, -0.05) is 48.5 Å². The average Bonchev–Trinajstić information content (AvgIpc) is 3.04. The van der Waals surface area contributed by atoms with Crippen LogP contribution in [0.3, 0.4) is 0 Å². The number of nitrogens with one attached hydrogen (secondary N) is 1. The molecule has 0 unspecified atom stereocenters. The molecule has 1 heterocycles. The molecule has 2 amide bonds. The molecule has 3 aromatic rings. The number of carbonyl (C=O) groups excluding carboxylic acids is 2. The minimum atomic E-state index is -0.409. The molecule has 156 valence electrons. The lowest BCUT2D eigenvalue weighted by molar-refractivity contribution is -0.120. The van der Waals surface area contributed by atoms with Gasteiger partial charge in [-0.2, -0.15) is 0 Å². The summed E-state index contributed by atoms with van der Waals surface area (Å²) in [4.78, 5) is 28.1. The smallest absolute Gasteiger partial charge is 0.282 e. The highest BCUT2D eigenvalue weighted by Gasteiger charge is 2.40. The van der Waals surface area contributed by atoms with Crippen LogP contribution in [-0.4, -0.2) is 26.0 Å². The van der Waals surface area contributed by atoms with E-state index >= 15 is 0 Å². The van der Waals surface area contributed by atoms with Gasteiger partial charge in [-0.3, -0.25) is 9.59 Å². The second-order valence-electron chi connectivity index (χ2n) is 7.04. The fourth-order valence-corrected chi connectivity index (χ4v) is 3.61. The maximum atomic E-state index is 13.5. The largest absolute Gasteiger partial charge is 0.493 e. The molecule has 3 aromatic carbocycles. The SMILES string of the molecule is COc1ccc(NC2=C(c3ccccc3)C(=O)N(c3ccccc3C)C2=O)cc1OC. The Morgan fingerprint density at radius 2 is 1.45 bits per heavy atom. The molecule has 0 fully saturated rings. The number of imide groups is 1. The van der Waals surface area contributed by atoms with E-state index in [0.29, 0.717) is 34.0 Å². The third kappa shape index (κ3) is 3.64. The summed E-state index contributed by atoms with van der Waals surface area (Å²) >= 11 is 0. The number of anilines is 2. The molecule has 6 nitrogen and oxygen atoms in total. The first-order valence-electron chi connectivity index (χ1n) is 9.78. The van der Waals surface area contributed by atoms with Crippen LogP contribution in [0.25, 0.3) is 5.57 Å². The summed E-state index contributed by atoms with van der Waals surface area (Å²) < 4.78 is 10.6. The predicted octanol–water partition coefficient (Wildman–Crippen LogP) is 4.41. The van der Waals surface area contributed by atoms with E-state index < -0.39 is 5.91 Å². The normalized spacial score (nSPS) is 13.6. The first-order valence-corrected chi connectivity index (χ1v) is 9.78. The minimum Gasteiger partial charge on any atom is -0.493 e. The molecule has 0 bridgehead atoms. The Hall–Kier alpha value is -4.06. The van der Waals surface area contributed by atoms with Gasteiger partial charge in [0.25, 0.3) is 11.8 Å². The topological polar surface area (TPSA) is 67.9 Å². The molecule has 0 saturated heterocycles. The molecule has 4 rings (SSSR count). The van der Waals surface area contributed by atoms with Crippen LogP contribution >= 0.6 is 0 Å². The number of para-hydroxylation sites is 1. The Balaban J connectivity index is 1.82. The molecular formula is C25H22N2O4. The fourth-order valence-electron chi connectivity index (χ4n) is 3.61. The van der Waals surface area contributed by atoms with Crippen molar-refractivity contribution >= 4 is 28.8 Å². The molecule has 1 aliphatic rings. The highest BCUT2D eigenvalue weighted by Crippen LogP contribution is 2.36. The van der Waals surface area contributed by atoms with Crippen LogP contribution in [0.4, 0.5) is 11.4 Å². The van der Waals surface area contributed by atoms with E-state index in [9.17, 15) is 9.59 Å². The van der Waals surface area contributed by atoms with Crippen molar-refractivity contribution in [1.82, 2.24) is 0 Å². The van der Waals surface area contributed by atoms with Crippen molar-refractivity contribution in [3.05, 3.63) is 89.6 Å². The summed E-state index contributed by atoms with van der Waals surface area (Å²) in [5, 5.41) is 3.15. The molecule has 0 radical (unpaired) electrons. The summed E-state index contributed by atoms with van der Waals surface area (Å²) in [7, 11) is 3.10. The summed E-state index contributed by atoms with van der Waals surface area (Å²) in [6.45, 7) is 1.87. The zero-order valence-electron chi connectivity index (χ0n) is 17.5. The molecule has 1 aliphatic heterocycles. The first kappa shape index (κ1) is 20.2. The van der Waals surface area contributed by atoms with Crippen LogP contribution in [0.2, 0.25) is 0 Å². The van der Waals surface area contributed by atoms with Gasteiger partial charge in [0.05, 0.1) is 25.5 Å². The maximum Gasteiger partial charge on any atom is 0.282 e. The standard InChI is InChI=1S/C25H22N2O4/c1-16-9-7-8-12-19(16)27-24(28)22(17-10-5-4-6-11-17)23(25(27)29)26-18-13-14-20(30-2)21(15-18)31-3/h4-15,26H,1-3H3. The second kappa shape index (κ2) is 8.36. The predicted molar refractivity (Wildman–Crippen MR) is 120 cm³/mol. The van der Waals surface area contributed by atoms with Gasteiger partial charge >= 0.3 is 0 Å². The molecule has 0 atom stereocenters. The monoisotopic (exact) mass is 414 g/mol. The average molecular weight is 414 g/mol. The van der Waals surface area contributed by atoms with Crippen LogP contribution in [-0.2, 0) is 9.59 Å². The van der Waals surface area contributed by atoms with Crippen molar-refractivity contribution in [2.45, 2.75) is 6.92 Å². The Bertz CT molecular complexity index is 1190. The number of benzene rings is 3. The molecule has 31 heavy (non-hydrogen) atoms. The third-order valence-electron chi connectivity index (χ3n) is 5.16. The van der Waals surface area contributed by atoms with Crippen molar-refractivity contribution in [3.8, 4) is 11.5 Å². The summed E-state index contributed by atoms with van der Waals surface area (Å²) in [5.41, 5.74) is 3.21. The van der Waals surface area contributed by atoms with Gasteiger partial charge in [0.15, 0.2) is 11.5 Å². The Morgan fingerprint density at radius 3 is 2.13 bits per heavy atom. The number of hydrogen-bond donors (Lipinski definition) is 1. The summed E-state index contributed by atoms with van der Waals surface area (Å²) in [6.07, 6.45) is 0. The fraction of sp³-hybridized carbons (Fsp3) is 0.120. The van der Waals surface area contributed by atoms with E-state index in [1.165, 1.54) is 4.90 Å². The number of aryl methyl sites for hydroxylation is 1. The minimum absolute atomic E-state index is 0.215. The number of methoxy groups -OCH3 is 2. The van der Waals surface area contributed by atoms with Gasteiger partial charge < -0.3 is 14.8 Å². The van der Waals surface area contributed by atoms with Crippen LogP contribution in [0.1, 0.15) is 11.1 Å². The quantitative estimate of drug-likeness (QED) is 0.605. The number of nitrogens with zero attached hydrogens (tertiary/aromatic N) is 1. The highest BCUT2D eigenvalue weighted by molar-refractivity contribution is 6.46. The van der Waals surface area contributed by atoms with E-state index in [-0.39, 0.29) is 11.6 Å². The summed E-state index contributed by atoms with van der Waals surface area (Å²) in [5.74, 6) is 0.309. The molecule has 6 heteroatoms. The zero-order chi connectivity index (χ0) is 22.0. The lowest BCUT2D eigenvalue weighted by Gasteiger charge is -2.17. The third-order valence-corrected chi connectivity index (χ3v) is 5.16. The van der Waals surface area contributed by atoms with Crippen molar-refractivity contribution < 1.29 is 19.1 Å². The van der Waals surface area contributed by atoms with Crippen molar-refractivity contribution in [2.75, 3.05) is 24.4 Å². The van der Waals surface area contributed by atoms with Crippen LogP contribution < -0.4 is 19.7 Å². The molecular weight excluding hydrogens is 392 g/mol.